The van der Waals surface area contributed by atoms with Gasteiger partial charge in [-0.2, -0.15) is 0 Å². The lowest BCUT2D eigenvalue weighted by Gasteiger charge is -2.39. The molecule has 1 aromatic carbocycles. The molecule has 1 aliphatic carbocycles. The maximum absolute atomic E-state index is 3.65. The highest BCUT2D eigenvalue weighted by atomic mass is 15.2. The van der Waals surface area contributed by atoms with Crippen molar-refractivity contribution in [3.63, 3.8) is 0 Å². The number of rotatable bonds is 1. The average molecular weight is 272 g/mol. The van der Waals surface area contributed by atoms with Gasteiger partial charge in [0.15, 0.2) is 0 Å². The van der Waals surface area contributed by atoms with Crippen molar-refractivity contribution in [2.45, 2.75) is 51.6 Å². The van der Waals surface area contributed by atoms with Crippen molar-refractivity contribution < 1.29 is 0 Å². The molecule has 0 saturated carbocycles. The Hall–Kier alpha value is -0.860. The van der Waals surface area contributed by atoms with E-state index >= 15 is 0 Å². The van der Waals surface area contributed by atoms with Gasteiger partial charge in [0.25, 0.3) is 0 Å². The highest BCUT2D eigenvalue weighted by Gasteiger charge is 2.26. The molecule has 2 heteroatoms. The molecule has 110 valence electrons. The molecule has 0 radical (unpaired) electrons. The largest absolute Gasteiger partial charge is 0.314 e. The predicted molar refractivity (Wildman–Crippen MR) is 85.1 cm³/mol. The Bertz CT molecular complexity index is 443. The SMILES string of the molecule is CC1CNC(C)CCN(C2CCc3ccccc3C2)C1. The fourth-order valence-corrected chi connectivity index (χ4v) is 3.74. The Balaban J connectivity index is 1.69. The zero-order valence-corrected chi connectivity index (χ0v) is 12.9. The molecule has 0 aromatic heterocycles. The molecule has 0 amide bonds. The Morgan fingerprint density at radius 1 is 1.10 bits per heavy atom. The van der Waals surface area contributed by atoms with Crippen molar-refractivity contribution in [3.05, 3.63) is 35.4 Å². The smallest absolute Gasteiger partial charge is 0.0139 e. The van der Waals surface area contributed by atoms with Crippen LogP contribution in [0.1, 0.15) is 37.8 Å². The topological polar surface area (TPSA) is 15.3 Å². The van der Waals surface area contributed by atoms with Crippen molar-refractivity contribution >= 4 is 0 Å². The fourth-order valence-electron chi connectivity index (χ4n) is 3.74. The van der Waals surface area contributed by atoms with Crippen LogP contribution in [0.5, 0.6) is 0 Å². The summed E-state index contributed by atoms with van der Waals surface area (Å²) in [5.74, 6) is 0.759. The zero-order chi connectivity index (χ0) is 13.9. The third kappa shape index (κ3) is 3.24. The van der Waals surface area contributed by atoms with Gasteiger partial charge in [-0.3, -0.25) is 4.90 Å². The monoisotopic (exact) mass is 272 g/mol. The molecular weight excluding hydrogens is 244 g/mol. The standard InChI is InChI=1S/C18H28N2/c1-14-12-19-15(2)9-10-20(13-14)18-8-7-16-5-3-4-6-17(16)11-18/h3-6,14-15,18-19H,7-13H2,1-2H3. The van der Waals surface area contributed by atoms with Gasteiger partial charge in [0.2, 0.25) is 0 Å². The van der Waals surface area contributed by atoms with Gasteiger partial charge in [0.05, 0.1) is 0 Å². The lowest BCUT2D eigenvalue weighted by molar-refractivity contribution is 0.136. The van der Waals surface area contributed by atoms with Crippen LogP contribution < -0.4 is 5.32 Å². The second kappa shape index (κ2) is 6.28. The molecule has 0 bridgehead atoms. The first-order valence-electron chi connectivity index (χ1n) is 8.26. The van der Waals surface area contributed by atoms with E-state index in [9.17, 15) is 0 Å². The Morgan fingerprint density at radius 3 is 2.75 bits per heavy atom. The molecule has 2 nitrogen and oxygen atoms in total. The highest BCUT2D eigenvalue weighted by molar-refractivity contribution is 5.30. The minimum absolute atomic E-state index is 0.663. The van der Waals surface area contributed by atoms with E-state index in [4.69, 9.17) is 0 Å². The van der Waals surface area contributed by atoms with E-state index < -0.39 is 0 Å². The van der Waals surface area contributed by atoms with Crippen LogP contribution in [0.3, 0.4) is 0 Å². The van der Waals surface area contributed by atoms with Gasteiger partial charge in [0, 0.05) is 18.6 Å². The van der Waals surface area contributed by atoms with Crippen LogP contribution in [0, 0.1) is 5.92 Å². The number of aryl methyl sites for hydroxylation is 1. The average Bonchev–Trinajstić information content (AvgIpc) is 2.47. The van der Waals surface area contributed by atoms with E-state index in [1.54, 1.807) is 11.1 Å². The molecule has 1 fully saturated rings. The van der Waals surface area contributed by atoms with Crippen LogP contribution in [-0.4, -0.2) is 36.6 Å². The number of nitrogens with zero attached hydrogens (tertiary/aromatic N) is 1. The number of hydrogen-bond donors (Lipinski definition) is 1. The van der Waals surface area contributed by atoms with Crippen LogP contribution >= 0.6 is 0 Å². The first kappa shape index (κ1) is 14.1. The van der Waals surface area contributed by atoms with Crippen LogP contribution in [0.4, 0.5) is 0 Å². The van der Waals surface area contributed by atoms with Crippen molar-refractivity contribution in [3.8, 4) is 0 Å². The molecule has 0 spiro atoms. The molecule has 1 aromatic rings. The van der Waals surface area contributed by atoms with Gasteiger partial charge in [-0.25, -0.2) is 0 Å². The van der Waals surface area contributed by atoms with Crippen LogP contribution in [0.15, 0.2) is 24.3 Å². The summed E-state index contributed by atoms with van der Waals surface area (Å²) in [4.78, 5) is 2.78. The van der Waals surface area contributed by atoms with Gasteiger partial charge in [-0.15, -0.1) is 0 Å². The van der Waals surface area contributed by atoms with Crippen molar-refractivity contribution in [2.24, 2.45) is 5.92 Å². The van der Waals surface area contributed by atoms with E-state index in [1.165, 1.54) is 45.3 Å². The minimum Gasteiger partial charge on any atom is -0.314 e. The van der Waals surface area contributed by atoms with Crippen LogP contribution in [-0.2, 0) is 12.8 Å². The normalized spacial score (nSPS) is 32.2. The lowest BCUT2D eigenvalue weighted by atomic mass is 9.87. The summed E-state index contributed by atoms with van der Waals surface area (Å²) in [7, 11) is 0. The van der Waals surface area contributed by atoms with Gasteiger partial charge in [-0.05, 0) is 62.7 Å². The quantitative estimate of drug-likeness (QED) is 0.845. The molecule has 3 atom stereocenters. The number of benzene rings is 1. The highest BCUT2D eigenvalue weighted by Crippen LogP contribution is 2.25. The Morgan fingerprint density at radius 2 is 1.90 bits per heavy atom. The summed E-state index contributed by atoms with van der Waals surface area (Å²) in [6, 6.07) is 10.5. The van der Waals surface area contributed by atoms with E-state index in [2.05, 4.69) is 48.3 Å². The van der Waals surface area contributed by atoms with Gasteiger partial charge < -0.3 is 5.32 Å². The molecule has 1 heterocycles. The summed E-state index contributed by atoms with van der Waals surface area (Å²) in [5.41, 5.74) is 3.17. The molecule has 1 aliphatic heterocycles. The zero-order valence-electron chi connectivity index (χ0n) is 12.9. The summed E-state index contributed by atoms with van der Waals surface area (Å²) in [6.45, 7) is 8.39. The molecule has 3 unspecified atom stereocenters. The summed E-state index contributed by atoms with van der Waals surface area (Å²) < 4.78 is 0. The maximum atomic E-state index is 3.65. The van der Waals surface area contributed by atoms with E-state index in [0.29, 0.717) is 6.04 Å². The van der Waals surface area contributed by atoms with Crippen LogP contribution in [0.25, 0.3) is 0 Å². The fraction of sp³-hybridized carbons (Fsp3) is 0.667. The van der Waals surface area contributed by atoms with Gasteiger partial charge >= 0.3 is 0 Å². The number of nitrogens with one attached hydrogen (secondary N) is 1. The Labute approximate surface area is 123 Å². The second-order valence-corrected chi connectivity index (χ2v) is 6.86. The summed E-state index contributed by atoms with van der Waals surface area (Å²) in [5, 5.41) is 3.65. The molecule has 2 aliphatic rings. The van der Waals surface area contributed by atoms with Crippen LogP contribution in [0.2, 0.25) is 0 Å². The molecule has 1 saturated heterocycles. The third-order valence-electron chi connectivity index (χ3n) is 5.05. The summed E-state index contributed by atoms with van der Waals surface area (Å²) >= 11 is 0. The number of fused-ring (bicyclic) bond motifs is 1. The Kier molecular flexibility index (Phi) is 4.42. The number of hydrogen-bond acceptors (Lipinski definition) is 2. The third-order valence-corrected chi connectivity index (χ3v) is 5.05. The molecular formula is C18H28N2. The summed E-state index contributed by atoms with van der Waals surface area (Å²) in [6.07, 6.45) is 5.14. The molecule has 1 N–H and O–H groups in total. The first-order valence-corrected chi connectivity index (χ1v) is 8.26. The van der Waals surface area contributed by atoms with Crippen molar-refractivity contribution in [1.29, 1.82) is 0 Å². The van der Waals surface area contributed by atoms with E-state index in [1.807, 2.05) is 0 Å². The first-order chi connectivity index (χ1) is 9.72. The van der Waals surface area contributed by atoms with Crippen molar-refractivity contribution in [2.75, 3.05) is 19.6 Å². The molecule has 3 rings (SSSR count). The predicted octanol–water partition coefficient (Wildman–Crippen LogP) is 2.86. The maximum Gasteiger partial charge on any atom is 0.0139 e. The van der Waals surface area contributed by atoms with E-state index in [-0.39, 0.29) is 0 Å². The lowest BCUT2D eigenvalue weighted by Crippen LogP contribution is -2.48. The minimum atomic E-state index is 0.663. The van der Waals surface area contributed by atoms with E-state index in [0.717, 1.165) is 12.0 Å². The molecule has 20 heavy (non-hydrogen) atoms. The van der Waals surface area contributed by atoms with Gasteiger partial charge in [-0.1, -0.05) is 31.2 Å². The second-order valence-electron chi connectivity index (χ2n) is 6.86. The van der Waals surface area contributed by atoms with Crippen molar-refractivity contribution in [1.82, 2.24) is 10.2 Å². The van der Waals surface area contributed by atoms with Gasteiger partial charge in [0.1, 0.15) is 0 Å².